The number of cyclic esters (lactones) is 1. The van der Waals surface area contributed by atoms with Crippen molar-refractivity contribution in [2.24, 2.45) is 17.3 Å². The number of carbonyl (C=O) groups excluding carboxylic acids is 1. The second kappa shape index (κ2) is 3.10. The Morgan fingerprint density at radius 3 is 2.80 bits per heavy atom. The molecule has 1 aliphatic heterocycles. The van der Waals surface area contributed by atoms with Crippen LogP contribution >= 0.6 is 0 Å². The Hall–Kier alpha value is -0.790. The van der Waals surface area contributed by atoms with Gasteiger partial charge in [-0.2, -0.15) is 0 Å². The number of ether oxygens (including phenoxy) is 1. The van der Waals surface area contributed by atoms with E-state index in [0.717, 1.165) is 19.3 Å². The number of hydrogen-bond donors (Lipinski definition) is 0. The number of esters is 1. The zero-order valence-corrected chi connectivity index (χ0v) is 9.88. The molecule has 1 heterocycles. The summed E-state index contributed by atoms with van der Waals surface area (Å²) in [6.07, 6.45) is 4.88. The van der Waals surface area contributed by atoms with Gasteiger partial charge < -0.3 is 4.74 Å². The maximum absolute atomic E-state index is 12.1. The molecule has 3 atom stereocenters. The van der Waals surface area contributed by atoms with Crippen molar-refractivity contribution in [3.05, 3.63) is 12.7 Å². The minimum atomic E-state index is -0.287. The van der Waals surface area contributed by atoms with Crippen molar-refractivity contribution < 1.29 is 9.53 Å². The van der Waals surface area contributed by atoms with E-state index in [0.29, 0.717) is 11.8 Å². The van der Waals surface area contributed by atoms with Crippen molar-refractivity contribution in [1.82, 2.24) is 0 Å². The number of carbonyl (C=O) groups is 1. The Bertz CT molecular complexity index is 306. The van der Waals surface area contributed by atoms with Crippen molar-refractivity contribution in [3.8, 4) is 0 Å². The second-order valence-electron chi connectivity index (χ2n) is 5.56. The summed E-state index contributed by atoms with van der Waals surface area (Å²) in [5.41, 5.74) is -0.559. The molecule has 2 aliphatic rings. The lowest BCUT2D eigenvalue weighted by Gasteiger charge is -2.30. The van der Waals surface area contributed by atoms with Gasteiger partial charge >= 0.3 is 5.97 Å². The van der Waals surface area contributed by atoms with Gasteiger partial charge in [0.2, 0.25) is 0 Å². The van der Waals surface area contributed by atoms with E-state index in [9.17, 15) is 4.79 Å². The van der Waals surface area contributed by atoms with Gasteiger partial charge in [-0.05, 0) is 39.0 Å². The van der Waals surface area contributed by atoms with Crippen LogP contribution in [0.1, 0.15) is 40.0 Å². The first kappa shape index (κ1) is 10.7. The summed E-state index contributed by atoms with van der Waals surface area (Å²) in [6.45, 7) is 10.0. The smallest absolute Gasteiger partial charge is 0.313 e. The van der Waals surface area contributed by atoms with Crippen LogP contribution in [-0.4, -0.2) is 11.6 Å². The maximum Gasteiger partial charge on any atom is 0.313 e. The Morgan fingerprint density at radius 1 is 1.53 bits per heavy atom. The molecule has 2 nitrogen and oxygen atoms in total. The highest BCUT2D eigenvalue weighted by atomic mass is 16.6. The van der Waals surface area contributed by atoms with E-state index < -0.39 is 0 Å². The van der Waals surface area contributed by atoms with E-state index in [1.807, 2.05) is 19.9 Å². The van der Waals surface area contributed by atoms with Gasteiger partial charge in [-0.3, -0.25) is 4.79 Å². The largest absolute Gasteiger partial charge is 0.459 e. The Morgan fingerprint density at radius 2 is 2.20 bits per heavy atom. The van der Waals surface area contributed by atoms with Crippen molar-refractivity contribution in [3.63, 3.8) is 0 Å². The molecule has 0 aromatic carbocycles. The second-order valence-corrected chi connectivity index (χ2v) is 5.56. The molecule has 0 aromatic heterocycles. The molecule has 1 saturated heterocycles. The van der Waals surface area contributed by atoms with Gasteiger partial charge in [0.15, 0.2) is 0 Å². The lowest BCUT2D eigenvalue weighted by Crippen LogP contribution is -2.36. The summed E-state index contributed by atoms with van der Waals surface area (Å²) in [6, 6.07) is 0. The van der Waals surface area contributed by atoms with Crippen molar-refractivity contribution >= 4 is 5.97 Å². The van der Waals surface area contributed by atoms with Gasteiger partial charge in [-0.15, -0.1) is 6.58 Å². The van der Waals surface area contributed by atoms with Crippen LogP contribution in [0.2, 0.25) is 0 Å². The predicted molar refractivity (Wildman–Crippen MR) is 59.3 cm³/mol. The molecule has 0 amide bonds. The molecule has 0 radical (unpaired) electrons. The zero-order valence-electron chi connectivity index (χ0n) is 9.88. The molecule has 1 saturated carbocycles. The van der Waals surface area contributed by atoms with E-state index in [1.54, 1.807) is 0 Å². The molecular formula is C13H20O2. The lowest BCUT2D eigenvalue weighted by atomic mass is 9.67. The molecule has 2 heteroatoms. The van der Waals surface area contributed by atoms with E-state index in [2.05, 4.69) is 13.5 Å². The highest BCUT2D eigenvalue weighted by Gasteiger charge is 2.64. The van der Waals surface area contributed by atoms with E-state index in [1.165, 1.54) is 0 Å². The molecular weight excluding hydrogens is 188 g/mol. The van der Waals surface area contributed by atoms with Gasteiger partial charge in [0, 0.05) is 5.92 Å². The maximum atomic E-state index is 12.1. The van der Waals surface area contributed by atoms with Crippen LogP contribution < -0.4 is 0 Å². The normalized spacial score (nSPS) is 42.5. The molecule has 0 aromatic rings. The van der Waals surface area contributed by atoms with Crippen LogP contribution in [0.5, 0.6) is 0 Å². The van der Waals surface area contributed by atoms with E-state index in [-0.39, 0.29) is 17.0 Å². The quantitative estimate of drug-likeness (QED) is 0.515. The van der Waals surface area contributed by atoms with E-state index >= 15 is 0 Å². The summed E-state index contributed by atoms with van der Waals surface area (Å²) in [5.74, 6) is 0.794. The average molecular weight is 208 g/mol. The van der Waals surface area contributed by atoms with Crippen LogP contribution in [0.25, 0.3) is 0 Å². The fourth-order valence-corrected chi connectivity index (χ4v) is 3.66. The number of allylic oxidation sites excluding steroid dienone is 1. The lowest BCUT2D eigenvalue weighted by molar-refractivity contribution is -0.154. The van der Waals surface area contributed by atoms with Crippen LogP contribution in [0.4, 0.5) is 0 Å². The summed E-state index contributed by atoms with van der Waals surface area (Å²) in [5, 5.41) is 0. The third kappa shape index (κ3) is 1.20. The molecule has 84 valence electrons. The molecule has 15 heavy (non-hydrogen) atoms. The standard InChI is InChI=1S/C13H20O2/c1-5-8-13-9(2)6-7-10(13)12(3,4)15-11(13)14/h5,9-10H,1,6-8H2,2-4H3/t9-,10-,13-/m1/s1. The molecule has 0 N–H and O–H groups in total. The topological polar surface area (TPSA) is 26.3 Å². The zero-order chi connectivity index (χ0) is 11.3. The summed E-state index contributed by atoms with van der Waals surface area (Å²) in [4.78, 5) is 12.1. The summed E-state index contributed by atoms with van der Waals surface area (Å²) >= 11 is 0. The highest BCUT2D eigenvalue weighted by molar-refractivity contribution is 5.81. The van der Waals surface area contributed by atoms with Gasteiger partial charge in [-0.1, -0.05) is 13.0 Å². The number of hydrogen-bond acceptors (Lipinski definition) is 2. The van der Waals surface area contributed by atoms with Crippen LogP contribution in [0.3, 0.4) is 0 Å². The third-order valence-corrected chi connectivity index (χ3v) is 4.45. The molecule has 0 bridgehead atoms. The van der Waals surface area contributed by atoms with Crippen LogP contribution in [0.15, 0.2) is 12.7 Å². The number of fused-ring (bicyclic) bond motifs is 1. The monoisotopic (exact) mass is 208 g/mol. The Labute approximate surface area is 91.7 Å². The average Bonchev–Trinajstić information content (AvgIpc) is 2.53. The van der Waals surface area contributed by atoms with Crippen LogP contribution in [0, 0.1) is 17.3 Å². The van der Waals surface area contributed by atoms with Gasteiger partial charge in [0.1, 0.15) is 5.60 Å². The minimum absolute atomic E-state index is 0.00222. The SMILES string of the molecule is C=CC[C@]12C(=O)OC(C)(C)[C@H]1CC[C@H]2C. The first-order valence-corrected chi connectivity index (χ1v) is 5.79. The first-order chi connectivity index (χ1) is 6.95. The highest BCUT2D eigenvalue weighted by Crippen LogP contribution is 2.60. The predicted octanol–water partition coefficient (Wildman–Crippen LogP) is 2.93. The molecule has 2 fully saturated rings. The molecule has 2 rings (SSSR count). The van der Waals surface area contributed by atoms with Crippen molar-refractivity contribution in [2.45, 2.75) is 45.6 Å². The van der Waals surface area contributed by atoms with Gasteiger partial charge in [-0.25, -0.2) is 0 Å². The number of rotatable bonds is 2. The van der Waals surface area contributed by atoms with Crippen molar-refractivity contribution in [1.29, 1.82) is 0 Å². The molecule has 1 aliphatic carbocycles. The minimum Gasteiger partial charge on any atom is -0.459 e. The van der Waals surface area contributed by atoms with Gasteiger partial charge in [0.05, 0.1) is 5.41 Å². The fourth-order valence-electron chi connectivity index (χ4n) is 3.66. The summed E-state index contributed by atoms with van der Waals surface area (Å²) in [7, 11) is 0. The van der Waals surface area contributed by atoms with Crippen LogP contribution in [-0.2, 0) is 9.53 Å². The summed E-state index contributed by atoms with van der Waals surface area (Å²) < 4.78 is 5.56. The van der Waals surface area contributed by atoms with Crippen molar-refractivity contribution in [2.75, 3.05) is 0 Å². The molecule has 0 unspecified atom stereocenters. The van der Waals surface area contributed by atoms with Gasteiger partial charge in [0.25, 0.3) is 0 Å². The van der Waals surface area contributed by atoms with E-state index in [4.69, 9.17) is 4.74 Å². The Balaban J connectivity index is 2.44. The Kier molecular flexibility index (Phi) is 2.21. The fraction of sp³-hybridized carbons (Fsp3) is 0.769. The third-order valence-electron chi connectivity index (χ3n) is 4.45. The molecule has 0 spiro atoms. The first-order valence-electron chi connectivity index (χ1n) is 5.79.